The van der Waals surface area contributed by atoms with Crippen LogP contribution in [0.2, 0.25) is 0 Å². The average molecular weight is 301 g/mol. The molecule has 0 aliphatic carbocycles. The monoisotopic (exact) mass is 301 g/mol. The third kappa shape index (κ3) is 4.62. The Labute approximate surface area is 129 Å². The lowest BCUT2D eigenvalue weighted by atomic mass is 10.3. The zero-order valence-corrected chi connectivity index (χ0v) is 12.8. The van der Waals surface area contributed by atoms with Crippen molar-refractivity contribution in [1.82, 2.24) is 15.5 Å². The Morgan fingerprint density at radius 1 is 1.05 bits per heavy atom. The van der Waals surface area contributed by atoms with E-state index in [0.29, 0.717) is 11.6 Å². The topological polar surface area (TPSA) is 88.2 Å². The molecule has 2 rings (SSSR count). The molecule has 7 heteroatoms. The second-order valence-corrected chi connectivity index (χ2v) is 4.91. The molecule has 0 radical (unpaired) electrons. The molecule has 7 nitrogen and oxygen atoms in total. The summed E-state index contributed by atoms with van der Waals surface area (Å²) in [6.45, 7) is 3.76. The Morgan fingerprint density at radius 3 is 2.23 bits per heavy atom. The number of nitrogens with zero attached hydrogens (tertiary/aromatic N) is 2. The van der Waals surface area contributed by atoms with Crippen molar-refractivity contribution in [3.8, 4) is 5.75 Å². The average Bonchev–Trinajstić information content (AvgIpc) is 2.49. The van der Waals surface area contributed by atoms with Gasteiger partial charge in [-0.1, -0.05) is 0 Å². The third-order valence-electron chi connectivity index (χ3n) is 2.69. The van der Waals surface area contributed by atoms with Gasteiger partial charge in [-0.25, -0.2) is 4.79 Å². The molecular formula is C15H19N5O2. The van der Waals surface area contributed by atoms with E-state index in [1.807, 2.05) is 38.1 Å². The van der Waals surface area contributed by atoms with Gasteiger partial charge in [0.2, 0.25) is 0 Å². The molecule has 2 aromatic rings. The van der Waals surface area contributed by atoms with Crippen LogP contribution in [0.3, 0.4) is 0 Å². The van der Waals surface area contributed by atoms with E-state index in [1.165, 1.54) is 0 Å². The first-order valence-corrected chi connectivity index (χ1v) is 6.89. The molecule has 2 amide bonds. The summed E-state index contributed by atoms with van der Waals surface area (Å²) in [6.07, 6.45) is 0. The van der Waals surface area contributed by atoms with Gasteiger partial charge in [0.25, 0.3) is 0 Å². The van der Waals surface area contributed by atoms with Gasteiger partial charge in [0.1, 0.15) is 5.75 Å². The predicted octanol–water partition coefficient (Wildman–Crippen LogP) is 2.76. The summed E-state index contributed by atoms with van der Waals surface area (Å²) in [5, 5.41) is 16.4. The van der Waals surface area contributed by atoms with Gasteiger partial charge in [-0.3, -0.25) is 5.32 Å². The number of urea groups is 1. The van der Waals surface area contributed by atoms with Crippen molar-refractivity contribution < 1.29 is 9.53 Å². The molecule has 0 unspecified atom stereocenters. The van der Waals surface area contributed by atoms with Crippen molar-refractivity contribution in [3.05, 3.63) is 36.4 Å². The highest BCUT2D eigenvalue weighted by Crippen LogP contribution is 2.18. The number of rotatable bonds is 5. The van der Waals surface area contributed by atoms with Crippen LogP contribution in [0, 0.1) is 0 Å². The fraction of sp³-hybridized carbons (Fsp3) is 0.267. The van der Waals surface area contributed by atoms with Crippen LogP contribution in [0.4, 0.5) is 22.1 Å². The molecule has 22 heavy (non-hydrogen) atoms. The third-order valence-corrected chi connectivity index (χ3v) is 2.69. The van der Waals surface area contributed by atoms with Crippen molar-refractivity contribution in [2.75, 3.05) is 17.7 Å². The first-order valence-electron chi connectivity index (χ1n) is 6.89. The molecule has 0 aliphatic heterocycles. The van der Waals surface area contributed by atoms with E-state index in [4.69, 9.17) is 4.74 Å². The van der Waals surface area contributed by atoms with Crippen LogP contribution in [0.1, 0.15) is 13.8 Å². The quantitative estimate of drug-likeness (QED) is 0.790. The van der Waals surface area contributed by atoms with Gasteiger partial charge in [0.05, 0.1) is 7.11 Å². The number of carbonyl (C=O) groups is 1. The van der Waals surface area contributed by atoms with Crippen molar-refractivity contribution in [3.63, 3.8) is 0 Å². The Morgan fingerprint density at radius 2 is 1.68 bits per heavy atom. The van der Waals surface area contributed by atoms with E-state index in [1.54, 1.807) is 19.2 Å². The van der Waals surface area contributed by atoms with Crippen LogP contribution in [-0.4, -0.2) is 29.4 Å². The van der Waals surface area contributed by atoms with Gasteiger partial charge < -0.3 is 15.4 Å². The molecule has 0 aliphatic rings. The summed E-state index contributed by atoms with van der Waals surface area (Å²) in [5.41, 5.74) is 0.869. The summed E-state index contributed by atoms with van der Waals surface area (Å²) < 4.78 is 5.10. The molecule has 3 N–H and O–H groups in total. The number of hydrogen-bond acceptors (Lipinski definition) is 5. The second-order valence-electron chi connectivity index (χ2n) is 4.91. The second kappa shape index (κ2) is 7.26. The summed E-state index contributed by atoms with van der Waals surface area (Å²) in [6, 6.07) is 10.6. The fourth-order valence-corrected chi connectivity index (χ4v) is 1.70. The molecule has 0 atom stereocenters. The number of nitrogens with one attached hydrogen (secondary N) is 3. The van der Waals surface area contributed by atoms with Gasteiger partial charge in [0.15, 0.2) is 11.6 Å². The van der Waals surface area contributed by atoms with E-state index in [2.05, 4.69) is 26.1 Å². The maximum Gasteiger partial charge on any atom is 0.320 e. The number of carbonyl (C=O) groups excluding carboxylic acids is 1. The molecule has 1 heterocycles. The number of amides is 2. The fourth-order valence-electron chi connectivity index (χ4n) is 1.70. The number of hydrogen-bond donors (Lipinski definition) is 3. The van der Waals surface area contributed by atoms with Gasteiger partial charge in [-0.2, -0.15) is 0 Å². The lowest BCUT2D eigenvalue weighted by Crippen LogP contribution is -2.34. The normalized spacial score (nSPS) is 10.2. The van der Waals surface area contributed by atoms with E-state index >= 15 is 0 Å². The van der Waals surface area contributed by atoms with Crippen LogP contribution >= 0.6 is 0 Å². The van der Waals surface area contributed by atoms with Gasteiger partial charge >= 0.3 is 6.03 Å². The SMILES string of the molecule is COc1ccc(Nc2ccc(NC(=O)NC(C)C)nn2)cc1. The Balaban J connectivity index is 1.94. The van der Waals surface area contributed by atoms with Crippen molar-refractivity contribution >= 4 is 23.4 Å². The summed E-state index contributed by atoms with van der Waals surface area (Å²) in [4.78, 5) is 11.5. The van der Waals surface area contributed by atoms with Crippen molar-refractivity contribution in [2.24, 2.45) is 0 Å². The van der Waals surface area contributed by atoms with Crippen LogP contribution in [0.5, 0.6) is 5.75 Å². The van der Waals surface area contributed by atoms with E-state index in [0.717, 1.165) is 11.4 Å². The van der Waals surface area contributed by atoms with E-state index < -0.39 is 0 Å². The molecule has 116 valence electrons. The Kier molecular flexibility index (Phi) is 5.13. The first-order chi connectivity index (χ1) is 10.6. The maximum absolute atomic E-state index is 11.5. The summed E-state index contributed by atoms with van der Waals surface area (Å²) in [5.74, 6) is 1.76. The highest BCUT2D eigenvalue weighted by Gasteiger charge is 2.05. The zero-order valence-electron chi connectivity index (χ0n) is 12.8. The minimum absolute atomic E-state index is 0.0592. The molecule has 0 bridgehead atoms. The smallest absolute Gasteiger partial charge is 0.320 e. The lowest BCUT2D eigenvalue weighted by molar-refractivity contribution is 0.250. The van der Waals surface area contributed by atoms with Crippen LogP contribution < -0.4 is 20.7 Å². The standard InChI is InChI=1S/C15H19N5O2/c1-10(2)16-15(21)18-14-9-8-13(19-20-14)17-11-4-6-12(22-3)7-5-11/h4-10H,1-3H3,(H,17,19)(H2,16,18,20,21). The highest BCUT2D eigenvalue weighted by molar-refractivity contribution is 5.88. The minimum Gasteiger partial charge on any atom is -0.497 e. The van der Waals surface area contributed by atoms with E-state index in [-0.39, 0.29) is 12.1 Å². The molecule has 0 spiro atoms. The molecular weight excluding hydrogens is 282 g/mol. The number of aromatic nitrogens is 2. The molecule has 1 aromatic carbocycles. The van der Waals surface area contributed by atoms with Crippen molar-refractivity contribution in [1.29, 1.82) is 0 Å². The molecule has 0 saturated heterocycles. The van der Waals surface area contributed by atoms with E-state index in [9.17, 15) is 4.79 Å². The minimum atomic E-state index is -0.305. The van der Waals surface area contributed by atoms with Crippen molar-refractivity contribution in [2.45, 2.75) is 19.9 Å². The summed E-state index contributed by atoms with van der Waals surface area (Å²) >= 11 is 0. The number of benzene rings is 1. The van der Waals surface area contributed by atoms with Gasteiger partial charge in [-0.15, -0.1) is 10.2 Å². The number of anilines is 3. The van der Waals surface area contributed by atoms with Crippen LogP contribution in [0.25, 0.3) is 0 Å². The Bertz CT molecular complexity index is 611. The van der Waals surface area contributed by atoms with Crippen LogP contribution in [-0.2, 0) is 0 Å². The van der Waals surface area contributed by atoms with Gasteiger partial charge in [-0.05, 0) is 50.2 Å². The van der Waals surface area contributed by atoms with Gasteiger partial charge in [0, 0.05) is 11.7 Å². The maximum atomic E-state index is 11.5. The molecule has 0 saturated carbocycles. The predicted molar refractivity (Wildman–Crippen MR) is 85.6 cm³/mol. The zero-order chi connectivity index (χ0) is 15.9. The molecule has 1 aromatic heterocycles. The summed E-state index contributed by atoms with van der Waals surface area (Å²) in [7, 11) is 1.62. The van der Waals surface area contributed by atoms with Crippen LogP contribution in [0.15, 0.2) is 36.4 Å². The molecule has 0 fully saturated rings. The largest absolute Gasteiger partial charge is 0.497 e. The highest BCUT2D eigenvalue weighted by atomic mass is 16.5. The number of ether oxygens (including phenoxy) is 1. The lowest BCUT2D eigenvalue weighted by Gasteiger charge is -2.10. The first kappa shape index (κ1) is 15.6. The Hall–Kier alpha value is -2.83. The number of methoxy groups -OCH3 is 1.